The van der Waals surface area contributed by atoms with Gasteiger partial charge in [-0.05, 0) is 19.8 Å². The Morgan fingerprint density at radius 3 is 3.00 bits per heavy atom. The first-order valence-corrected chi connectivity index (χ1v) is 5.25. The number of hydrogen-bond acceptors (Lipinski definition) is 3. The first kappa shape index (κ1) is 9.68. The minimum absolute atomic E-state index is 0.663. The molecule has 12 heavy (non-hydrogen) atoms. The number of hydrogen-bond donors (Lipinski definition) is 0. The highest BCUT2D eigenvalue weighted by molar-refractivity contribution is 7.09. The monoisotopic (exact) mass is 185 g/mol. The van der Waals surface area contributed by atoms with Crippen LogP contribution in [0.15, 0.2) is 5.38 Å². The van der Waals surface area contributed by atoms with Crippen molar-refractivity contribution in [3.05, 3.63) is 16.1 Å². The Kier molecular flexibility index (Phi) is 4.25. The Morgan fingerprint density at radius 2 is 2.33 bits per heavy atom. The Hall–Kier alpha value is -0.410. The number of nitrogens with zero attached hydrogens (tertiary/aromatic N) is 1. The van der Waals surface area contributed by atoms with Crippen LogP contribution in [0.3, 0.4) is 0 Å². The quantitative estimate of drug-likeness (QED) is 0.703. The van der Waals surface area contributed by atoms with Crippen LogP contribution in [0.4, 0.5) is 0 Å². The molecule has 1 aromatic heterocycles. The summed E-state index contributed by atoms with van der Waals surface area (Å²) in [5, 5.41) is 3.31. The number of thiazole rings is 1. The minimum atomic E-state index is 0.663. The SMILES string of the molecule is CCCc1nc(COCC)cs1. The third-order valence-corrected chi connectivity index (χ3v) is 2.47. The fourth-order valence-electron chi connectivity index (χ4n) is 0.951. The van der Waals surface area contributed by atoms with Crippen molar-refractivity contribution in [2.45, 2.75) is 33.3 Å². The third kappa shape index (κ3) is 2.91. The van der Waals surface area contributed by atoms with Gasteiger partial charge in [0.2, 0.25) is 0 Å². The van der Waals surface area contributed by atoms with E-state index in [-0.39, 0.29) is 0 Å². The molecule has 0 spiro atoms. The van der Waals surface area contributed by atoms with Crippen molar-refractivity contribution in [2.75, 3.05) is 6.61 Å². The van der Waals surface area contributed by atoms with Gasteiger partial charge in [-0.25, -0.2) is 4.98 Å². The molecular weight excluding hydrogens is 170 g/mol. The van der Waals surface area contributed by atoms with Gasteiger partial charge in [0.05, 0.1) is 17.3 Å². The summed E-state index contributed by atoms with van der Waals surface area (Å²) in [7, 11) is 0. The maximum Gasteiger partial charge on any atom is 0.0929 e. The van der Waals surface area contributed by atoms with E-state index < -0.39 is 0 Å². The summed E-state index contributed by atoms with van der Waals surface area (Å²) in [6.07, 6.45) is 2.26. The van der Waals surface area contributed by atoms with Crippen molar-refractivity contribution < 1.29 is 4.74 Å². The maximum absolute atomic E-state index is 5.26. The zero-order valence-electron chi connectivity index (χ0n) is 7.67. The van der Waals surface area contributed by atoms with Crippen LogP contribution < -0.4 is 0 Å². The molecule has 0 fully saturated rings. The van der Waals surface area contributed by atoms with Gasteiger partial charge < -0.3 is 4.74 Å². The molecule has 0 aliphatic rings. The van der Waals surface area contributed by atoms with Crippen LogP contribution in [0.25, 0.3) is 0 Å². The van der Waals surface area contributed by atoms with Crippen LogP contribution in [0.5, 0.6) is 0 Å². The van der Waals surface area contributed by atoms with Crippen LogP contribution in [0.1, 0.15) is 31.0 Å². The molecule has 0 aliphatic carbocycles. The average molecular weight is 185 g/mol. The van der Waals surface area contributed by atoms with E-state index in [4.69, 9.17) is 4.74 Å². The zero-order valence-corrected chi connectivity index (χ0v) is 8.49. The second-order valence-corrected chi connectivity index (χ2v) is 3.56. The van der Waals surface area contributed by atoms with E-state index in [0.717, 1.165) is 18.7 Å². The van der Waals surface area contributed by atoms with E-state index in [9.17, 15) is 0 Å². The fourth-order valence-corrected chi connectivity index (χ4v) is 1.84. The van der Waals surface area contributed by atoms with E-state index in [1.165, 1.54) is 11.4 Å². The zero-order chi connectivity index (χ0) is 8.81. The lowest BCUT2D eigenvalue weighted by atomic mass is 10.3. The van der Waals surface area contributed by atoms with Crippen molar-refractivity contribution in [1.82, 2.24) is 4.98 Å². The first-order chi connectivity index (χ1) is 5.86. The Bertz CT molecular complexity index is 222. The molecule has 0 amide bonds. The number of rotatable bonds is 5. The summed E-state index contributed by atoms with van der Waals surface area (Å²) in [6.45, 7) is 5.60. The molecule has 0 saturated heterocycles. The molecule has 0 aliphatic heterocycles. The second-order valence-electron chi connectivity index (χ2n) is 2.62. The molecule has 1 aromatic rings. The summed E-state index contributed by atoms with van der Waals surface area (Å²) in [5.74, 6) is 0. The van der Waals surface area contributed by atoms with E-state index in [1.54, 1.807) is 11.3 Å². The molecule has 1 heterocycles. The van der Waals surface area contributed by atoms with E-state index in [0.29, 0.717) is 6.61 Å². The summed E-state index contributed by atoms with van der Waals surface area (Å²) in [6, 6.07) is 0. The van der Waals surface area contributed by atoms with Crippen molar-refractivity contribution in [3.63, 3.8) is 0 Å². The molecule has 0 saturated carbocycles. The summed E-state index contributed by atoms with van der Waals surface area (Å²) < 4.78 is 5.26. The van der Waals surface area contributed by atoms with Gasteiger partial charge in [-0.1, -0.05) is 6.92 Å². The third-order valence-electron chi connectivity index (χ3n) is 1.52. The largest absolute Gasteiger partial charge is 0.375 e. The fraction of sp³-hybridized carbons (Fsp3) is 0.667. The Morgan fingerprint density at radius 1 is 1.50 bits per heavy atom. The van der Waals surface area contributed by atoms with Crippen LogP contribution in [0.2, 0.25) is 0 Å². The average Bonchev–Trinajstić information content (AvgIpc) is 2.50. The molecule has 0 aromatic carbocycles. The predicted molar refractivity (Wildman–Crippen MR) is 51.4 cm³/mol. The van der Waals surface area contributed by atoms with Crippen LogP contribution in [0, 0.1) is 0 Å². The molecule has 1 rings (SSSR count). The molecule has 0 atom stereocenters. The lowest BCUT2D eigenvalue weighted by Gasteiger charge is -1.94. The molecule has 0 radical (unpaired) electrons. The Balaban J connectivity index is 2.41. The van der Waals surface area contributed by atoms with Crippen molar-refractivity contribution in [3.8, 4) is 0 Å². The first-order valence-electron chi connectivity index (χ1n) is 4.37. The Labute approximate surface area is 77.6 Å². The molecular formula is C9H15NOS. The highest BCUT2D eigenvalue weighted by atomic mass is 32.1. The van der Waals surface area contributed by atoms with Gasteiger partial charge in [0, 0.05) is 12.0 Å². The predicted octanol–water partition coefficient (Wildman–Crippen LogP) is 2.63. The summed E-state index contributed by atoms with van der Waals surface area (Å²) in [5.41, 5.74) is 1.07. The topological polar surface area (TPSA) is 22.1 Å². The van der Waals surface area contributed by atoms with Crippen molar-refractivity contribution in [1.29, 1.82) is 0 Å². The standard InChI is InChI=1S/C9H15NOS/c1-3-5-9-10-8(7-12-9)6-11-4-2/h7H,3-6H2,1-2H3. The highest BCUT2D eigenvalue weighted by Crippen LogP contribution is 2.12. The smallest absolute Gasteiger partial charge is 0.0929 e. The molecule has 0 bridgehead atoms. The molecule has 0 N–H and O–H groups in total. The normalized spacial score (nSPS) is 10.5. The van der Waals surface area contributed by atoms with Gasteiger partial charge in [0.1, 0.15) is 0 Å². The van der Waals surface area contributed by atoms with Gasteiger partial charge in [0.15, 0.2) is 0 Å². The summed E-state index contributed by atoms with van der Waals surface area (Å²) >= 11 is 1.73. The highest BCUT2D eigenvalue weighted by Gasteiger charge is 1.99. The lowest BCUT2D eigenvalue weighted by Crippen LogP contribution is -1.92. The van der Waals surface area contributed by atoms with Crippen molar-refractivity contribution in [2.24, 2.45) is 0 Å². The molecule has 2 nitrogen and oxygen atoms in total. The van der Waals surface area contributed by atoms with Crippen LogP contribution >= 0.6 is 11.3 Å². The number of aromatic nitrogens is 1. The maximum atomic E-state index is 5.26. The van der Waals surface area contributed by atoms with Gasteiger partial charge in [-0.15, -0.1) is 11.3 Å². The van der Waals surface area contributed by atoms with Gasteiger partial charge in [0.25, 0.3) is 0 Å². The number of ether oxygens (including phenoxy) is 1. The van der Waals surface area contributed by atoms with Gasteiger partial charge >= 0.3 is 0 Å². The van der Waals surface area contributed by atoms with Crippen LogP contribution in [-0.2, 0) is 17.8 Å². The summed E-state index contributed by atoms with van der Waals surface area (Å²) in [4.78, 5) is 4.43. The molecule has 3 heteroatoms. The van der Waals surface area contributed by atoms with Gasteiger partial charge in [-0.2, -0.15) is 0 Å². The van der Waals surface area contributed by atoms with Crippen LogP contribution in [-0.4, -0.2) is 11.6 Å². The van der Waals surface area contributed by atoms with E-state index >= 15 is 0 Å². The number of aryl methyl sites for hydroxylation is 1. The lowest BCUT2D eigenvalue weighted by molar-refractivity contribution is 0.131. The van der Waals surface area contributed by atoms with E-state index in [1.807, 2.05) is 6.92 Å². The molecule has 68 valence electrons. The second kappa shape index (κ2) is 5.27. The molecule has 0 unspecified atom stereocenters. The minimum Gasteiger partial charge on any atom is -0.375 e. The van der Waals surface area contributed by atoms with Gasteiger partial charge in [-0.3, -0.25) is 0 Å². The van der Waals surface area contributed by atoms with E-state index in [2.05, 4.69) is 17.3 Å². The van der Waals surface area contributed by atoms with Crippen molar-refractivity contribution >= 4 is 11.3 Å².